The molecule has 0 spiro atoms. The number of nitrogens with one attached hydrogen (secondary N) is 1. The lowest BCUT2D eigenvalue weighted by Crippen LogP contribution is -2.40. The molecule has 2 aromatic carbocycles. The quantitative estimate of drug-likeness (QED) is 0.548. The van der Waals surface area contributed by atoms with Crippen LogP contribution in [0, 0.1) is 0 Å². The molecule has 1 aliphatic rings. The molecule has 2 aromatic rings. The van der Waals surface area contributed by atoms with Gasteiger partial charge in [-0.3, -0.25) is 4.79 Å². The summed E-state index contributed by atoms with van der Waals surface area (Å²) in [6.07, 6.45) is 2.13. The minimum atomic E-state index is -3.63. The average molecular weight is 461 g/mol. The molecule has 0 aliphatic carbocycles. The van der Waals surface area contributed by atoms with Crippen LogP contribution in [0.1, 0.15) is 12.0 Å². The Labute approximate surface area is 188 Å². The first-order valence-corrected chi connectivity index (χ1v) is 11.8. The molecular weight excluding hydrogens is 432 g/mol. The predicted octanol–water partition coefficient (Wildman–Crippen LogP) is 2.85. The maximum Gasteiger partial charge on any atom is 0.243 e. The number of carbonyl (C=O) groups is 1. The molecule has 0 aromatic heterocycles. The summed E-state index contributed by atoms with van der Waals surface area (Å²) in [5, 5.41) is 2.84. The van der Waals surface area contributed by atoms with Crippen molar-refractivity contribution in [1.29, 1.82) is 0 Å². The molecule has 1 fully saturated rings. The van der Waals surface area contributed by atoms with Crippen LogP contribution in [-0.4, -0.2) is 58.7 Å². The highest BCUT2D eigenvalue weighted by Crippen LogP contribution is 2.26. The van der Waals surface area contributed by atoms with Gasteiger partial charge in [0, 0.05) is 31.3 Å². The zero-order chi connectivity index (χ0) is 23.0. The van der Waals surface area contributed by atoms with E-state index >= 15 is 0 Å². The molecule has 1 saturated heterocycles. The van der Waals surface area contributed by atoms with E-state index in [0.29, 0.717) is 62.1 Å². The first-order chi connectivity index (χ1) is 15.4. The fourth-order valence-electron chi connectivity index (χ4n) is 3.34. The van der Waals surface area contributed by atoms with Crippen molar-refractivity contribution in [3.05, 3.63) is 60.7 Å². The normalized spacial score (nSPS) is 14.5. The van der Waals surface area contributed by atoms with Gasteiger partial charge in [-0.1, -0.05) is 18.7 Å². The van der Waals surface area contributed by atoms with E-state index in [4.69, 9.17) is 14.2 Å². The third-order valence-corrected chi connectivity index (χ3v) is 6.86. The van der Waals surface area contributed by atoms with Crippen molar-refractivity contribution in [3.63, 3.8) is 0 Å². The highest BCUT2D eigenvalue weighted by atomic mass is 32.2. The monoisotopic (exact) mass is 460 g/mol. The number of morpholine rings is 1. The van der Waals surface area contributed by atoms with E-state index in [0.717, 1.165) is 0 Å². The third-order valence-electron chi connectivity index (χ3n) is 4.97. The Kier molecular flexibility index (Phi) is 8.26. The van der Waals surface area contributed by atoms with Gasteiger partial charge in [-0.2, -0.15) is 4.31 Å². The molecule has 1 aliphatic heterocycles. The van der Waals surface area contributed by atoms with E-state index in [1.54, 1.807) is 42.5 Å². The lowest BCUT2D eigenvalue weighted by Gasteiger charge is -2.26. The molecule has 0 unspecified atom stereocenters. The molecule has 172 valence electrons. The molecule has 1 N–H and O–H groups in total. The lowest BCUT2D eigenvalue weighted by molar-refractivity contribution is -0.116. The van der Waals surface area contributed by atoms with Crippen LogP contribution in [0.4, 0.5) is 5.69 Å². The summed E-state index contributed by atoms with van der Waals surface area (Å²) < 4.78 is 43.4. The van der Waals surface area contributed by atoms with E-state index < -0.39 is 10.0 Å². The largest absolute Gasteiger partial charge is 0.496 e. The maximum atomic E-state index is 13.0. The van der Waals surface area contributed by atoms with Gasteiger partial charge in [0.1, 0.15) is 18.1 Å². The molecule has 0 radical (unpaired) electrons. The second-order valence-corrected chi connectivity index (χ2v) is 9.10. The van der Waals surface area contributed by atoms with Crippen molar-refractivity contribution >= 4 is 21.6 Å². The molecule has 3 rings (SSSR count). The summed E-state index contributed by atoms with van der Waals surface area (Å²) in [6.45, 7) is 5.38. The van der Waals surface area contributed by atoms with Crippen LogP contribution in [0.25, 0.3) is 0 Å². The molecule has 8 nitrogen and oxygen atoms in total. The SMILES string of the molecule is C=CCOc1cccc(NC(=O)CCc2cc(S(=O)(=O)N3CCOCC3)ccc2OC)c1. The Bertz CT molecular complexity index is 1050. The summed E-state index contributed by atoms with van der Waals surface area (Å²) >= 11 is 0. The van der Waals surface area contributed by atoms with Gasteiger partial charge in [0.15, 0.2) is 0 Å². The lowest BCUT2D eigenvalue weighted by atomic mass is 10.1. The summed E-state index contributed by atoms with van der Waals surface area (Å²) in [6, 6.07) is 11.8. The van der Waals surface area contributed by atoms with Crippen LogP contribution < -0.4 is 14.8 Å². The van der Waals surface area contributed by atoms with Crippen molar-refractivity contribution in [2.75, 3.05) is 45.3 Å². The number of hydrogen-bond donors (Lipinski definition) is 1. The van der Waals surface area contributed by atoms with Crippen LogP contribution in [0.3, 0.4) is 0 Å². The predicted molar refractivity (Wildman–Crippen MR) is 122 cm³/mol. The molecule has 32 heavy (non-hydrogen) atoms. The standard InChI is InChI=1S/C23H28N2O6S/c1-3-13-31-20-6-4-5-19(17-20)24-23(26)10-7-18-16-21(8-9-22(18)29-2)32(27,28)25-11-14-30-15-12-25/h3-6,8-9,16-17H,1,7,10-15H2,2H3,(H,24,26). The van der Waals surface area contributed by atoms with E-state index in [2.05, 4.69) is 11.9 Å². The highest BCUT2D eigenvalue weighted by Gasteiger charge is 2.27. The number of carbonyl (C=O) groups excluding carboxylic acids is 1. The summed E-state index contributed by atoms with van der Waals surface area (Å²) in [5.74, 6) is 0.971. The van der Waals surface area contributed by atoms with Crippen molar-refractivity contribution in [2.45, 2.75) is 17.7 Å². The van der Waals surface area contributed by atoms with Gasteiger partial charge < -0.3 is 19.5 Å². The third kappa shape index (κ3) is 6.09. The molecule has 0 bridgehead atoms. The Morgan fingerprint density at radius 1 is 1.22 bits per heavy atom. The molecule has 9 heteroatoms. The molecule has 1 amide bonds. The Hall–Kier alpha value is -2.88. The Morgan fingerprint density at radius 3 is 2.72 bits per heavy atom. The minimum absolute atomic E-state index is 0.162. The average Bonchev–Trinajstić information content (AvgIpc) is 2.82. The van der Waals surface area contributed by atoms with Gasteiger partial charge in [-0.05, 0) is 42.3 Å². The van der Waals surface area contributed by atoms with Gasteiger partial charge in [-0.25, -0.2) is 8.42 Å². The fraction of sp³-hybridized carbons (Fsp3) is 0.348. The number of hydrogen-bond acceptors (Lipinski definition) is 6. The first-order valence-electron chi connectivity index (χ1n) is 10.3. The maximum absolute atomic E-state index is 13.0. The van der Waals surface area contributed by atoms with Crippen LogP contribution in [-0.2, 0) is 26.0 Å². The van der Waals surface area contributed by atoms with E-state index in [1.165, 1.54) is 17.5 Å². The number of ether oxygens (including phenoxy) is 3. The van der Waals surface area contributed by atoms with Gasteiger partial charge in [0.05, 0.1) is 25.2 Å². The highest BCUT2D eigenvalue weighted by molar-refractivity contribution is 7.89. The van der Waals surface area contributed by atoms with Crippen molar-refractivity contribution in [3.8, 4) is 11.5 Å². The number of aryl methyl sites for hydroxylation is 1. The number of benzene rings is 2. The van der Waals surface area contributed by atoms with Crippen molar-refractivity contribution < 1.29 is 27.4 Å². The second-order valence-electron chi connectivity index (χ2n) is 7.17. The number of methoxy groups -OCH3 is 1. The number of rotatable bonds is 10. The number of sulfonamides is 1. The first kappa shape index (κ1) is 23.8. The van der Waals surface area contributed by atoms with Crippen molar-refractivity contribution in [2.24, 2.45) is 0 Å². The number of amides is 1. The van der Waals surface area contributed by atoms with E-state index in [1.807, 2.05) is 0 Å². The van der Waals surface area contributed by atoms with Crippen molar-refractivity contribution in [1.82, 2.24) is 4.31 Å². The second kappa shape index (κ2) is 11.1. The minimum Gasteiger partial charge on any atom is -0.496 e. The topological polar surface area (TPSA) is 94.2 Å². The summed E-state index contributed by atoms with van der Waals surface area (Å²) in [5.41, 5.74) is 1.27. The summed E-state index contributed by atoms with van der Waals surface area (Å²) in [7, 11) is -2.12. The van der Waals surface area contributed by atoms with Gasteiger partial charge in [0.2, 0.25) is 15.9 Å². The van der Waals surface area contributed by atoms with Gasteiger partial charge in [-0.15, -0.1) is 0 Å². The van der Waals surface area contributed by atoms with Crippen LogP contribution >= 0.6 is 0 Å². The van der Waals surface area contributed by atoms with Crippen LogP contribution in [0.2, 0.25) is 0 Å². The van der Waals surface area contributed by atoms with E-state index in [9.17, 15) is 13.2 Å². The van der Waals surface area contributed by atoms with Crippen LogP contribution in [0.15, 0.2) is 60.0 Å². The molecular formula is C23H28N2O6S. The molecule has 0 saturated carbocycles. The Balaban J connectivity index is 1.68. The van der Waals surface area contributed by atoms with Gasteiger partial charge in [0.25, 0.3) is 0 Å². The molecule has 1 heterocycles. The van der Waals surface area contributed by atoms with Gasteiger partial charge >= 0.3 is 0 Å². The zero-order valence-electron chi connectivity index (χ0n) is 18.1. The molecule has 0 atom stereocenters. The smallest absolute Gasteiger partial charge is 0.243 e. The number of anilines is 1. The Morgan fingerprint density at radius 2 is 2.00 bits per heavy atom. The fourth-order valence-corrected chi connectivity index (χ4v) is 4.80. The van der Waals surface area contributed by atoms with E-state index in [-0.39, 0.29) is 17.2 Å². The number of nitrogens with zero attached hydrogens (tertiary/aromatic N) is 1. The zero-order valence-corrected chi connectivity index (χ0v) is 18.9. The summed E-state index contributed by atoms with van der Waals surface area (Å²) in [4.78, 5) is 12.7. The van der Waals surface area contributed by atoms with Crippen LogP contribution in [0.5, 0.6) is 11.5 Å².